The van der Waals surface area contributed by atoms with Gasteiger partial charge in [0.25, 0.3) is 0 Å². The Balaban J connectivity index is 2.30. The van der Waals surface area contributed by atoms with Crippen LogP contribution in [0.3, 0.4) is 0 Å². The molecule has 0 aliphatic rings. The number of aldehydes is 1. The summed E-state index contributed by atoms with van der Waals surface area (Å²) in [4.78, 5) is 12.7. The number of carbonyl (C=O) groups is 1. The molecule has 0 saturated heterocycles. The van der Waals surface area contributed by atoms with Crippen LogP contribution in [-0.4, -0.2) is 6.29 Å². The highest BCUT2D eigenvalue weighted by Crippen LogP contribution is 2.28. The van der Waals surface area contributed by atoms with Crippen molar-refractivity contribution < 1.29 is 4.79 Å². The van der Waals surface area contributed by atoms with E-state index in [1.54, 1.807) is 11.3 Å². The van der Waals surface area contributed by atoms with Crippen molar-refractivity contribution in [3.05, 3.63) is 57.8 Å². The van der Waals surface area contributed by atoms with Crippen LogP contribution in [0.2, 0.25) is 0 Å². The van der Waals surface area contributed by atoms with E-state index in [2.05, 4.69) is 42.6 Å². The summed E-state index contributed by atoms with van der Waals surface area (Å²) in [7, 11) is 0. The second kappa shape index (κ2) is 4.84. The van der Waals surface area contributed by atoms with E-state index in [0.29, 0.717) is 0 Å². The van der Waals surface area contributed by atoms with Crippen molar-refractivity contribution in [2.24, 2.45) is 0 Å². The molecule has 0 saturated carbocycles. The zero-order valence-corrected chi connectivity index (χ0v) is 11.0. The van der Waals surface area contributed by atoms with Gasteiger partial charge in [-0.3, -0.25) is 0 Å². The van der Waals surface area contributed by atoms with Crippen LogP contribution in [0.15, 0.2) is 41.8 Å². The van der Waals surface area contributed by atoms with Gasteiger partial charge in [0.1, 0.15) is 6.29 Å². The highest BCUT2D eigenvalue weighted by atomic mass is 32.1. The van der Waals surface area contributed by atoms with E-state index in [-0.39, 0.29) is 0 Å². The molecule has 1 unspecified atom stereocenters. The predicted molar refractivity (Wildman–Crippen MR) is 72.6 cm³/mol. The molecule has 0 fully saturated rings. The average Bonchev–Trinajstić information content (AvgIpc) is 2.82. The van der Waals surface area contributed by atoms with Gasteiger partial charge in [-0.15, -0.1) is 11.3 Å². The predicted octanol–water partition coefficient (Wildman–Crippen LogP) is 3.76. The smallest absolute Gasteiger partial charge is 0.130 e. The summed E-state index contributed by atoms with van der Waals surface area (Å²) in [6, 6.07) is 12.3. The SMILES string of the molecule is Cc1ccc(C(C)(C=O)Cc2cccs2)cc1. The lowest BCUT2D eigenvalue weighted by atomic mass is 9.80. The van der Waals surface area contributed by atoms with E-state index in [4.69, 9.17) is 0 Å². The lowest BCUT2D eigenvalue weighted by molar-refractivity contribution is -0.112. The summed E-state index contributed by atoms with van der Waals surface area (Å²) in [6.45, 7) is 4.06. The van der Waals surface area contributed by atoms with Gasteiger partial charge in [-0.1, -0.05) is 35.9 Å². The molecule has 0 amide bonds. The fourth-order valence-corrected chi connectivity index (χ4v) is 2.79. The van der Waals surface area contributed by atoms with Crippen LogP contribution in [0.5, 0.6) is 0 Å². The zero-order valence-electron chi connectivity index (χ0n) is 10.1. The Morgan fingerprint density at radius 1 is 1.24 bits per heavy atom. The highest BCUT2D eigenvalue weighted by Gasteiger charge is 2.26. The van der Waals surface area contributed by atoms with Gasteiger partial charge in [-0.2, -0.15) is 0 Å². The highest BCUT2D eigenvalue weighted by molar-refractivity contribution is 7.09. The van der Waals surface area contributed by atoms with Crippen molar-refractivity contribution in [3.63, 3.8) is 0 Å². The molecule has 17 heavy (non-hydrogen) atoms. The molecule has 2 heteroatoms. The molecule has 2 aromatic rings. The van der Waals surface area contributed by atoms with Crippen LogP contribution < -0.4 is 0 Å². The minimum atomic E-state index is -0.418. The van der Waals surface area contributed by atoms with Gasteiger partial charge in [0.15, 0.2) is 0 Å². The van der Waals surface area contributed by atoms with Crippen molar-refractivity contribution in [3.8, 4) is 0 Å². The van der Waals surface area contributed by atoms with E-state index in [1.807, 2.05) is 13.0 Å². The first-order valence-electron chi connectivity index (χ1n) is 5.70. The normalized spacial score (nSPS) is 14.2. The van der Waals surface area contributed by atoms with Gasteiger partial charge in [-0.25, -0.2) is 0 Å². The van der Waals surface area contributed by atoms with Gasteiger partial charge >= 0.3 is 0 Å². The lowest BCUT2D eigenvalue weighted by Crippen LogP contribution is -2.26. The molecule has 1 aromatic heterocycles. The Kier molecular flexibility index (Phi) is 3.43. The van der Waals surface area contributed by atoms with Gasteiger partial charge < -0.3 is 4.79 Å². The molecule has 1 aromatic carbocycles. The number of aryl methyl sites for hydroxylation is 1. The largest absolute Gasteiger partial charge is 0.302 e. The molecule has 0 aliphatic carbocycles. The monoisotopic (exact) mass is 244 g/mol. The van der Waals surface area contributed by atoms with Crippen LogP contribution in [-0.2, 0) is 16.6 Å². The third-order valence-corrected chi connectivity index (χ3v) is 3.97. The first-order chi connectivity index (χ1) is 8.14. The summed E-state index contributed by atoms with van der Waals surface area (Å²) in [5.74, 6) is 0. The van der Waals surface area contributed by atoms with E-state index < -0.39 is 5.41 Å². The fourth-order valence-electron chi connectivity index (χ4n) is 1.92. The van der Waals surface area contributed by atoms with Crippen molar-refractivity contribution in [1.82, 2.24) is 0 Å². The van der Waals surface area contributed by atoms with Crippen molar-refractivity contribution in [2.45, 2.75) is 25.7 Å². The van der Waals surface area contributed by atoms with Crippen molar-refractivity contribution in [2.75, 3.05) is 0 Å². The number of benzene rings is 1. The average molecular weight is 244 g/mol. The minimum Gasteiger partial charge on any atom is -0.302 e. The molecule has 0 N–H and O–H groups in total. The number of hydrogen-bond donors (Lipinski definition) is 0. The Morgan fingerprint density at radius 3 is 2.47 bits per heavy atom. The molecule has 0 aliphatic heterocycles. The molecule has 1 atom stereocenters. The Morgan fingerprint density at radius 2 is 1.94 bits per heavy atom. The van der Waals surface area contributed by atoms with E-state index in [9.17, 15) is 4.79 Å². The maximum absolute atomic E-state index is 11.4. The molecule has 1 nitrogen and oxygen atoms in total. The van der Waals surface area contributed by atoms with Gasteiger partial charge in [0.05, 0.1) is 5.41 Å². The maximum Gasteiger partial charge on any atom is 0.130 e. The molecule has 88 valence electrons. The Hall–Kier alpha value is -1.41. The van der Waals surface area contributed by atoms with E-state index >= 15 is 0 Å². The third kappa shape index (κ3) is 2.64. The van der Waals surface area contributed by atoms with Crippen LogP contribution in [0.4, 0.5) is 0 Å². The molecule has 1 heterocycles. The zero-order chi connectivity index (χ0) is 12.3. The lowest BCUT2D eigenvalue weighted by Gasteiger charge is -2.23. The first kappa shape index (κ1) is 12.1. The Bertz CT molecular complexity index is 484. The van der Waals surface area contributed by atoms with Gasteiger partial charge in [0, 0.05) is 4.88 Å². The molecular weight excluding hydrogens is 228 g/mol. The van der Waals surface area contributed by atoms with Crippen LogP contribution in [0.25, 0.3) is 0 Å². The number of hydrogen-bond acceptors (Lipinski definition) is 2. The van der Waals surface area contributed by atoms with Crippen molar-refractivity contribution >= 4 is 17.6 Å². The summed E-state index contributed by atoms with van der Waals surface area (Å²) in [6.07, 6.45) is 1.84. The summed E-state index contributed by atoms with van der Waals surface area (Å²) in [5.41, 5.74) is 1.89. The molecular formula is C15H16OS. The van der Waals surface area contributed by atoms with E-state index in [1.165, 1.54) is 10.4 Å². The summed E-state index contributed by atoms with van der Waals surface area (Å²) in [5, 5.41) is 2.05. The second-order valence-electron chi connectivity index (χ2n) is 4.66. The third-order valence-electron chi connectivity index (χ3n) is 3.09. The topological polar surface area (TPSA) is 17.1 Å². The van der Waals surface area contributed by atoms with Gasteiger partial charge in [-0.05, 0) is 37.3 Å². The summed E-state index contributed by atoms with van der Waals surface area (Å²) < 4.78 is 0. The standard InChI is InChI=1S/C15H16OS/c1-12-5-7-13(8-6-12)15(2,11-16)10-14-4-3-9-17-14/h3-9,11H,10H2,1-2H3. The number of carbonyl (C=O) groups excluding carboxylic acids is 1. The fraction of sp³-hybridized carbons (Fsp3) is 0.267. The summed E-state index contributed by atoms with van der Waals surface area (Å²) >= 11 is 1.70. The molecule has 0 bridgehead atoms. The molecule has 0 spiro atoms. The number of thiophene rings is 1. The van der Waals surface area contributed by atoms with E-state index in [0.717, 1.165) is 18.3 Å². The van der Waals surface area contributed by atoms with Crippen LogP contribution >= 0.6 is 11.3 Å². The second-order valence-corrected chi connectivity index (χ2v) is 5.69. The maximum atomic E-state index is 11.4. The molecule has 0 radical (unpaired) electrons. The van der Waals surface area contributed by atoms with Crippen LogP contribution in [0.1, 0.15) is 22.9 Å². The molecule has 2 rings (SSSR count). The van der Waals surface area contributed by atoms with Crippen molar-refractivity contribution in [1.29, 1.82) is 0 Å². The first-order valence-corrected chi connectivity index (χ1v) is 6.58. The quantitative estimate of drug-likeness (QED) is 0.748. The minimum absolute atomic E-state index is 0.418. The van der Waals surface area contributed by atoms with Crippen LogP contribution in [0, 0.1) is 6.92 Å². The number of rotatable bonds is 4. The Labute approximate surface area is 106 Å². The van der Waals surface area contributed by atoms with Gasteiger partial charge in [0.2, 0.25) is 0 Å².